The number of aromatic amines is 1. The number of H-pyrrole nitrogens is 1. The van der Waals surface area contributed by atoms with Crippen LogP contribution in [0.25, 0.3) is 10.9 Å². The molecule has 5 nitrogen and oxygen atoms in total. The Morgan fingerprint density at radius 1 is 1.43 bits per heavy atom. The van der Waals surface area contributed by atoms with Crippen LogP contribution in [0.4, 0.5) is 13.2 Å². The third-order valence-electron chi connectivity index (χ3n) is 4.68. The quantitative estimate of drug-likeness (QED) is 0.777. The zero-order chi connectivity index (χ0) is 20.5. The second-order valence-electron chi connectivity index (χ2n) is 6.50. The van der Waals surface area contributed by atoms with E-state index in [4.69, 9.17) is 5.73 Å². The Morgan fingerprint density at radius 2 is 2.18 bits per heavy atom. The number of carbonyl (C=O) groups excluding carboxylic acids is 1. The number of amides is 1. The summed E-state index contributed by atoms with van der Waals surface area (Å²) in [7, 11) is 0. The normalized spacial score (nSPS) is 20.4. The summed E-state index contributed by atoms with van der Waals surface area (Å²) < 4.78 is 42.6. The molecule has 146 valence electrons. The molecule has 0 saturated carbocycles. The highest BCUT2D eigenvalue weighted by Gasteiger charge is 2.42. The van der Waals surface area contributed by atoms with E-state index < -0.39 is 17.9 Å². The second-order valence-corrected chi connectivity index (χ2v) is 6.50. The van der Waals surface area contributed by atoms with Crippen LogP contribution in [0.5, 0.6) is 0 Å². The van der Waals surface area contributed by atoms with Gasteiger partial charge in [-0.25, -0.2) is 0 Å². The molecule has 2 aromatic rings. The maximum Gasteiger partial charge on any atom is 0.524 e. The summed E-state index contributed by atoms with van der Waals surface area (Å²) in [5.74, 6) is 4.09. The minimum absolute atomic E-state index is 0.0677. The minimum atomic E-state index is -4.81. The van der Waals surface area contributed by atoms with Gasteiger partial charge in [0.1, 0.15) is 0 Å². The number of alkyl halides is 3. The lowest BCUT2D eigenvalue weighted by Crippen LogP contribution is -2.36. The van der Waals surface area contributed by atoms with E-state index in [1.165, 1.54) is 13.0 Å². The highest BCUT2D eigenvalue weighted by Crippen LogP contribution is 2.37. The van der Waals surface area contributed by atoms with Gasteiger partial charge < -0.3 is 5.73 Å². The van der Waals surface area contributed by atoms with Crippen LogP contribution in [0, 0.1) is 11.8 Å². The fraction of sp³-hybridized carbons (Fsp3) is 0.300. The first-order chi connectivity index (χ1) is 13.2. The first-order valence-electron chi connectivity index (χ1n) is 8.52. The molecule has 28 heavy (non-hydrogen) atoms. The largest absolute Gasteiger partial charge is 0.524 e. The first-order valence-corrected chi connectivity index (χ1v) is 8.52. The van der Waals surface area contributed by atoms with Crippen molar-refractivity contribution in [3.8, 4) is 11.8 Å². The van der Waals surface area contributed by atoms with Crippen LogP contribution < -0.4 is 5.73 Å². The molecule has 0 aliphatic heterocycles. The van der Waals surface area contributed by atoms with Gasteiger partial charge in [0, 0.05) is 17.7 Å². The van der Waals surface area contributed by atoms with Crippen LogP contribution in [-0.2, 0) is 4.74 Å². The Bertz CT molecular complexity index is 1040. The summed E-state index contributed by atoms with van der Waals surface area (Å²) >= 11 is 0. The van der Waals surface area contributed by atoms with Crippen molar-refractivity contribution in [1.29, 1.82) is 0 Å². The second kappa shape index (κ2) is 7.17. The maximum absolute atomic E-state index is 12.8. The fourth-order valence-corrected chi connectivity index (χ4v) is 3.40. The van der Waals surface area contributed by atoms with Gasteiger partial charge in [0.15, 0.2) is 5.60 Å². The van der Waals surface area contributed by atoms with Crippen LogP contribution in [-0.4, -0.2) is 28.1 Å². The van der Waals surface area contributed by atoms with Gasteiger partial charge >= 0.3 is 6.36 Å². The van der Waals surface area contributed by atoms with Crippen molar-refractivity contribution in [3.63, 3.8) is 0 Å². The Hall–Kier alpha value is -3.05. The number of hydrogen-bond donors (Lipinski definition) is 2. The molecule has 0 radical (unpaired) electrons. The molecule has 3 N–H and O–H groups in total. The average molecular weight is 389 g/mol. The van der Waals surface area contributed by atoms with Gasteiger partial charge in [-0.1, -0.05) is 37.1 Å². The summed E-state index contributed by atoms with van der Waals surface area (Å²) in [4.78, 5) is 12.0. The Kier molecular flexibility index (Phi) is 5.04. The van der Waals surface area contributed by atoms with Crippen molar-refractivity contribution in [2.45, 2.75) is 38.1 Å². The zero-order valence-electron chi connectivity index (χ0n) is 15.2. The molecule has 2 atom stereocenters. The summed E-state index contributed by atoms with van der Waals surface area (Å²) in [6, 6.07) is 3.58. The zero-order valence-corrected chi connectivity index (χ0v) is 15.2. The standard InChI is InChI=1S/C20H18F3N3O2/c1-3-8-19(28-20(21,22)23)9-6-13(7-10-19)12(2)15-5-4-14-11-25-26-17(14)16(15)18(24)27/h4-7,9,11-12H,10H2,1-2H3,(H2,24,27)(H,25,26). The molecule has 8 heteroatoms. The number of nitrogens with zero attached hydrogens (tertiary/aromatic N) is 1. The number of nitrogens with two attached hydrogens (primary N) is 1. The van der Waals surface area contributed by atoms with E-state index in [1.807, 2.05) is 13.0 Å². The number of rotatable bonds is 4. The van der Waals surface area contributed by atoms with Crippen LogP contribution in [0.3, 0.4) is 0 Å². The van der Waals surface area contributed by atoms with Crippen molar-refractivity contribution < 1.29 is 22.7 Å². The number of primary amides is 1. The highest BCUT2D eigenvalue weighted by atomic mass is 19.4. The van der Waals surface area contributed by atoms with Gasteiger partial charge in [0.05, 0.1) is 17.3 Å². The number of fused-ring (bicyclic) bond motifs is 1. The van der Waals surface area contributed by atoms with Crippen LogP contribution in [0.1, 0.15) is 42.1 Å². The lowest BCUT2D eigenvalue weighted by molar-refractivity contribution is -0.348. The topological polar surface area (TPSA) is 81.0 Å². The fourth-order valence-electron chi connectivity index (χ4n) is 3.40. The third kappa shape index (κ3) is 3.80. The van der Waals surface area contributed by atoms with E-state index in [0.29, 0.717) is 16.6 Å². The van der Waals surface area contributed by atoms with E-state index in [-0.39, 0.29) is 12.3 Å². The number of allylic oxidation sites excluding steroid dienone is 2. The summed E-state index contributed by atoms with van der Waals surface area (Å²) in [5, 5.41) is 7.45. The maximum atomic E-state index is 12.8. The predicted molar refractivity (Wildman–Crippen MR) is 98.2 cm³/mol. The molecule has 1 aromatic heterocycles. The van der Waals surface area contributed by atoms with Crippen LogP contribution >= 0.6 is 0 Å². The van der Waals surface area contributed by atoms with Gasteiger partial charge in [-0.2, -0.15) is 5.10 Å². The Morgan fingerprint density at radius 3 is 2.75 bits per heavy atom. The molecular weight excluding hydrogens is 371 g/mol. The smallest absolute Gasteiger partial charge is 0.366 e. The summed E-state index contributed by atoms with van der Waals surface area (Å²) in [6.45, 7) is 3.30. The van der Waals surface area contributed by atoms with Gasteiger partial charge in [-0.3, -0.25) is 14.6 Å². The van der Waals surface area contributed by atoms with E-state index in [2.05, 4.69) is 26.8 Å². The van der Waals surface area contributed by atoms with Gasteiger partial charge in [0.25, 0.3) is 5.91 Å². The number of aromatic nitrogens is 2. The number of halogens is 3. The molecule has 0 bridgehead atoms. The number of nitrogens with one attached hydrogen (secondary N) is 1. The molecule has 0 saturated heterocycles. The van der Waals surface area contributed by atoms with Crippen molar-refractivity contribution in [2.75, 3.05) is 0 Å². The Labute approximate surface area is 159 Å². The summed E-state index contributed by atoms with van der Waals surface area (Å²) in [6.07, 6.45) is 1.20. The average Bonchev–Trinajstić information content (AvgIpc) is 3.08. The minimum Gasteiger partial charge on any atom is -0.366 e. The molecule has 0 fully saturated rings. The number of hydrogen-bond acceptors (Lipinski definition) is 3. The lowest BCUT2D eigenvalue weighted by atomic mass is 9.83. The Balaban J connectivity index is 1.96. The van der Waals surface area contributed by atoms with Crippen LogP contribution in [0.15, 0.2) is 42.1 Å². The monoisotopic (exact) mass is 389 g/mol. The molecule has 1 aromatic carbocycles. The molecule has 1 heterocycles. The van der Waals surface area contributed by atoms with Crippen molar-refractivity contribution >= 4 is 16.8 Å². The number of carbonyl (C=O) groups is 1. The van der Waals surface area contributed by atoms with Gasteiger partial charge in [-0.05, 0) is 24.1 Å². The molecule has 1 amide bonds. The van der Waals surface area contributed by atoms with Crippen molar-refractivity contribution in [1.82, 2.24) is 10.2 Å². The number of benzene rings is 1. The molecular formula is C20H18F3N3O2. The van der Waals surface area contributed by atoms with Crippen molar-refractivity contribution in [2.24, 2.45) is 5.73 Å². The van der Waals surface area contributed by atoms with Gasteiger partial charge in [0.2, 0.25) is 0 Å². The van der Waals surface area contributed by atoms with E-state index in [1.54, 1.807) is 24.4 Å². The van der Waals surface area contributed by atoms with Gasteiger partial charge in [-0.15, -0.1) is 19.1 Å². The number of ether oxygens (including phenoxy) is 1. The summed E-state index contributed by atoms with van der Waals surface area (Å²) in [5.41, 5.74) is 6.06. The third-order valence-corrected chi connectivity index (χ3v) is 4.68. The predicted octanol–water partition coefficient (Wildman–Crippen LogP) is 3.95. The van der Waals surface area contributed by atoms with E-state index in [0.717, 1.165) is 11.0 Å². The van der Waals surface area contributed by atoms with Crippen molar-refractivity contribution in [3.05, 3.63) is 53.3 Å². The highest BCUT2D eigenvalue weighted by molar-refractivity contribution is 6.06. The van der Waals surface area contributed by atoms with Crippen LogP contribution in [0.2, 0.25) is 0 Å². The molecule has 1 aliphatic rings. The molecule has 3 rings (SSSR count). The SMILES string of the molecule is CC#CC1(OC(F)(F)F)C=CC(C(C)c2ccc3cn[nH]c3c2C(N)=O)=CC1. The lowest BCUT2D eigenvalue weighted by Gasteiger charge is -2.29. The van der Waals surface area contributed by atoms with E-state index >= 15 is 0 Å². The molecule has 2 unspecified atom stereocenters. The molecule has 0 spiro atoms. The van der Waals surface area contributed by atoms with E-state index in [9.17, 15) is 18.0 Å². The first kappa shape index (κ1) is 19.7. The molecule has 1 aliphatic carbocycles.